The van der Waals surface area contributed by atoms with Crippen molar-refractivity contribution in [3.8, 4) is 11.1 Å². The van der Waals surface area contributed by atoms with Crippen molar-refractivity contribution < 1.29 is 9.53 Å². The average molecular weight is 609 g/mol. The third kappa shape index (κ3) is 5.05. The minimum absolute atomic E-state index is 0.0302. The second kappa shape index (κ2) is 11.4. The normalized spacial score (nSPS) is 17.7. The summed E-state index contributed by atoms with van der Waals surface area (Å²) in [6.45, 7) is 16.3. The largest absolute Gasteiger partial charge is 0.465 e. The van der Waals surface area contributed by atoms with Crippen LogP contribution in [0.25, 0.3) is 49.0 Å². The summed E-state index contributed by atoms with van der Waals surface area (Å²) in [6.07, 6.45) is 9.59. The Morgan fingerprint density at radius 3 is 2.20 bits per heavy atom. The number of allylic oxidation sites excluding steroid dienone is 4. The predicted molar refractivity (Wildman–Crippen MR) is 196 cm³/mol. The number of hydrogen-bond donors (Lipinski definition) is 0. The number of fused-ring (bicyclic) bond motifs is 3. The second-order valence-corrected chi connectivity index (χ2v) is 15.4. The molecule has 236 valence electrons. The maximum Gasteiger partial charge on any atom is 0.308 e. The lowest BCUT2D eigenvalue weighted by atomic mass is 9.80. The van der Waals surface area contributed by atoms with Crippen molar-refractivity contribution in [2.75, 3.05) is 6.61 Å². The fraction of sp³-hybridized carbons (Fsp3) is 0.386. The molecule has 2 heteroatoms. The lowest BCUT2D eigenvalue weighted by Gasteiger charge is -2.23. The minimum atomic E-state index is -0.0683. The van der Waals surface area contributed by atoms with Gasteiger partial charge >= 0.3 is 5.97 Å². The Morgan fingerprint density at radius 2 is 1.48 bits per heavy atom. The number of rotatable bonds is 7. The summed E-state index contributed by atoms with van der Waals surface area (Å²) in [4.78, 5) is 12.4. The molecule has 5 aromatic rings. The van der Waals surface area contributed by atoms with Gasteiger partial charge in [-0.2, -0.15) is 0 Å². The first kappa shape index (κ1) is 30.7. The monoisotopic (exact) mass is 608 g/mol. The molecule has 46 heavy (non-hydrogen) atoms. The van der Waals surface area contributed by atoms with Gasteiger partial charge in [0.25, 0.3) is 0 Å². The first-order valence-electron chi connectivity index (χ1n) is 17.5. The highest BCUT2D eigenvalue weighted by molar-refractivity contribution is 6.25. The Hall–Kier alpha value is -3.91. The summed E-state index contributed by atoms with van der Waals surface area (Å²) >= 11 is 0. The highest BCUT2D eigenvalue weighted by atomic mass is 16.5. The molecular formula is C44H48O2. The molecule has 0 amide bonds. The number of carbonyl (C=O) groups is 1. The third-order valence-corrected chi connectivity index (χ3v) is 11.1. The quantitative estimate of drug-likeness (QED) is 0.136. The van der Waals surface area contributed by atoms with E-state index in [1.54, 1.807) is 0 Å². The van der Waals surface area contributed by atoms with E-state index in [4.69, 9.17) is 4.74 Å². The van der Waals surface area contributed by atoms with E-state index in [-0.39, 0.29) is 22.7 Å². The fourth-order valence-corrected chi connectivity index (χ4v) is 8.15. The van der Waals surface area contributed by atoms with Gasteiger partial charge in [0, 0.05) is 5.41 Å². The van der Waals surface area contributed by atoms with Gasteiger partial charge in [-0.3, -0.25) is 4.79 Å². The molecule has 1 unspecified atom stereocenters. The van der Waals surface area contributed by atoms with Crippen LogP contribution in [0.5, 0.6) is 0 Å². The predicted octanol–water partition coefficient (Wildman–Crippen LogP) is 11.9. The highest BCUT2D eigenvalue weighted by Crippen LogP contribution is 2.52. The lowest BCUT2D eigenvalue weighted by Crippen LogP contribution is -2.18. The van der Waals surface area contributed by atoms with Crippen LogP contribution >= 0.6 is 0 Å². The van der Waals surface area contributed by atoms with Crippen molar-refractivity contribution in [3.63, 3.8) is 0 Å². The van der Waals surface area contributed by atoms with Crippen molar-refractivity contribution in [3.05, 3.63) is 101 Å². The molecule has 0 aliphatic heterocycles. The van der Waals surface area contributed by atoms with Gasteiger partial charge in [-0.05, 0) is 121 Å². The van der Waals surface area contributed by atoms with E-state index in [9.17, 15) is 4.79 Å². The molecule has 0 spiro atoms. The second-order valence-electron chi connectivity index (χ2n) is 15.4. The van der Waals surface area contributed by atoms with E-state index in [2.05, 4.69) is 127 Å². The molecule has 5 aromatic carbocycles. The van der Waals surface area contributed by atoms with Gasteiger partial charge in [0.15, 0.2) is 0 Å². The van der Waals surface area contributed by atoms with Gasteiger partial charge in [-0.15, -0.1) is 0 Å². The number of benzene rings is 5. The van der Waals surface area contributed by atoms with Gasteiger partial charge in [0.05, 0.1) is 12.5 Å². The summed E-state index contributed by atoms with van der Waals surface area (Å²) in [5.41, 5.74) is 9.64. The Bertz CT molecular complexity index is 2010. The molecule has 0 radical (unpaired) electrons. The van der Waals surface area contributed by atoms with Crippen molar-refractivity contribution in [2.24, 2.45) is 11.8 Å². The third-order valence-electron chi connectivity index (χ3n) is 11.1. The molecular weight excluding hydrogens is 560 g/mol. The zero-order valence-electron chi connectivity index (χ0n) is 28.7. The smallest absolute Gasteiger partial charge is 0.308 e. The molecule has 0 heterocycles. The van der Waals surface area contributed by atoms with Crippen molar-refractivity contribution >= 4 is 43.9 Å². The molecule has 0 saturated heterocycles. The van der Waals surface area contributed by atoms with Crippen LogP contribution in [0.3, 0.4) is 0 Å². The molecule has 2 aliphatic rings. The van der Waals surface area contributed by atoms with E-state index in [0.29, 0.717) is 12.5 Å². The summed E-state index contributed by atoms with van der Waals surface area (Å²) in [5, 5.41) is 8.04. The van der Waals surface area contributed by atoms with Gasteiger partial charge in [-0.1, -0.05) is 121 Å². The van der Waals surface area contributed by atoms with Crippen LogP contribution < -0.4 is 0 Å². The molecule has 7 rings (SSSR count). The first-order chi connectivity index (χ1) is 22.0. The van der Waals surface area contributed by atoms with Crippen LogP contribution in [-0.2, 0) is 20.4 Å². The van der Waals surface area contributed by atoms with Crippen molar-refractivity contribution in [2.45, 2.75) is 91.4 Å². The molecule has 2 aliphatic carbocycles. The van der Waals surface area contributed by atoms with Crippen LogP contribution in [0.4, 0.5) is 0 Å². The minimum Gasteiger partial charge on any atom is -0.465 e. The fourth-order valence-electron chi connectivity index (χ4n) is 8.15. The van der Waals surface area contributed by atoms with Gasteiger partial charge in [0.2, 0.25) is 0 Å². The number of esters is 1. The standard InChI is InChI=1S/C44H48O2/c1-8-28(9-2)42(45)46-23-22-27-10-17-35-36-19-15-30(26-39(36)44(6,7)38(35)21-11-27)34-18-14-29-12-13-31-24-33(43(3,4)5)25-32-16-20-37(34)41(29)40(31)32/h12-21,24-28H,8-11,22-23H2,1-7H3. The number of carbonyl (C=O) groups excluding carboxylic acids is 1. The van der Waals surface area contributed by atoms with Crippen LogP contribution in [0.15, 0.2) is 84.5 Å². The Kier molecular flexibility index (Phi) is 7.62. The summed E-state index contributed by atoms with van der Waals surface area (Å²) < 4.78 is 5.68. The van der Waals surface area contributed by atoms with E-state index < -0.39 is 0 Å². The molecule has 1 atom stereocenters. The number of ether oxygens (including phenoxy) is 1. The molecule has 2 nitrogen and oxygen atoms in total. The SMILES string of the molecule is CCC(CC)C(=O)OCCC1CC=C2C(=CC1)C(C)(C)c1cc(-c3ccc4ccc5cc(C(C)(C)C)cc6ccc3c4c56)ccc12. The maximum atomic E-state index is 12.4. The van der Waals surface area contributed by atoms with E-state index in [1.165, 1.54) is 71.3 Å². The van der Waals surface area contributed by atoms with Gasteiger partial charge < -0.3 is 4.74 Å². The summed E-state index contributed by atoms with van der Waals surface area (Å²) in [7, 11) is 0. The molecule has 0 bridgehead atoms. The topological polar surface area (TPSA) is 26.3 Å². The Labute approximate surface area is 274 Å². The van der Waals surface area contributed by atoms with E-state index >= 15 is 0 Å². The maximum absolute atomic E-state index is 12.4. The lowest BCUT2D eigenvalue weighted by molar-refractivity contribution is -0.149. The summed E-state index contributed by atoms with van der Waals surface area (Å²) in [6, 6.07) is 25.9. The Morgan fingerprint density at radius 1 is 0.826 bits per heavy atom. The van der Waals surface area contributed by atoms with Crippen LogP contribution in [-0.4, -0.2) is 12.6 Å². The summed E-state index contributed by atoms with van der Waals surface area (Å²) in [5.74, 6) is 0.496. The first-order valence-corrected chi connectivity index (χ1v) is 17.5. The van der Waals surface area contributed by atoms with Crippen molar-refractivity contribution in [1.29, 1.82) is 0 Å². The molecule has 0 N–H and O–H groups in total. The van der Waals surface area contributed by atoms with Gasteiger partial charge in [0.1, 0.15) is 0 Å². The molecule has 0 aromatic heterocycles. The van der Waals surface area contributed by atoms with Crippen LogP contribution in [0.2, 0.25) is 0 Å². The van der Waals surface area contributed by atoms with E-state index in [0.717, 1.165) is 32.1 Å². The highest BCUT2D eigenvalue weighted by Gasteiger charge is 2.39. The Balaban J connectivity index is 1.21. The number of hydrogen-bond acceptors (Lipinski definition) is 2. The van der Waals surface area contributed by atoms with Gasteiger partial charge in [-0.25, -0.2) is 0 Å². The van der Waals surface area contributed by atoms with E-state index in [1.807, 2.05) is 0 Å². The van der Waals surface area contributed by atoms with Crippen molar-refractivity contribution in [1.82, 2.24) is 0 Å². The van der Waals surface area contributed by atoms with Crippen LogP contribution in [0.1, 0.15) is 97.3 Å². The molecule has 0 saturated carbocycles. The zero-order chi connectivity index (χ0) is 32.4. The molecule has 0 fully saturated rings. The zero-order valence-corrected chi connectivity index (χ0v) is 28.7. The average Bonchev–Trinajstić information content (AvgIpc) is 3.14. The van der Waals surface area contributed by atoms with Crippen LogP contribution in [0, 0.1) is 11.8 Å².